The van der Waals surface area contributed by atoms with Crippen LogP contribution < -0.4 is 9.80 Å². The lowest BCUT2D eigenvalue weighted by atomic mass is 9.97. The molecule has 0 spiro atoms. The van der Waals surface area contributed by atoms with Gasteiger partial charge >= 0.3 is 0 Å². The molecule has 2 saturated heterocycles. The fourth-order valence-electron chi connectivity index (χ4n) is 4.12. The smallest absolute Gasteiger partial charge is 0.149 e. The van der Waals surface area contributed by atoms with E-state index in [1.54, 1.807) is 6.20 Å². The maximum Gasteiger partial charge on any atom is 0.149 e. The quantitative estimate of drug-likeness (QED) is 0.793. The van der Waals surface area contributed by atoms with Crippen LogP contribution in [0.1, 0.15) is 43.3 Å². The molecule has 27 heavy (non-hydrogen) atoms. The summed E-state index contributed by atoms with van der Waals surface area (Å²) in [6.45, 7) is 5.21. The van der Waals surface area contributed by atoms with Gasteiger partial charge in [-0.2, -0.15) is 0 Å². The number of rotatable bonds is 5. The number of nitrogens with zero attached hydrogens (tertiary/aromatic N) is 8. The zero-order valence-electron chi connectivity index (χ0n) is 16.7. The maximum atomic E-state index is 4.76. The normalized spacial score (nSPS) is 21.0. The van der Waals surface area contributed by atoms with E-state index in [1.165, 1.54) is 25.9 Å². The van der Waals surface area contributed by atoms with Gasteiger partial charge in [0.05, 0.1) is 18.9 Å². The first-order valence-electron chi connectivity index (χ1n) is 9.96. The van der Waals surface area contributed by atoms with Gasteiger partial charge in [0.2, 0.25) is 0 Å². The Morgan fingerprint density at radius 2 is 1.89 bits per heavy atom. The van der Waals surface area contributed by atoms with Gasteiger partial charge in [0.25, 0.3) is 0 Å². The van der Waals surface area contributed by atoms with Crippen molar-refractivity contribution in [1.82, 2.24) is 29.6 Å². The van der Waals surface area contributed by atoms with E-state index in [9.17, 15) is 0 Å². The Bertz CT molecular complexity index is 765. The summed E-state index contributed by atoms with van der Waals surface area (Å²) in [6.07, 6.45) is 8.55. The molecular formula is C19H30N8. The molecule has 0 amide bonds. The third-order valence-electron chi connectivity index (χ3n) is 5.74. The molecular weight excluding hydrogens is 340 g/mol. The van der Waals surface area contributed by atoms with Crippen LogP contribution >= 0.6 is 0 Å². The van der Waals surface area contributed by atoms with Crippen molar-refractivity contribution in [1.29, 1.82) is 0 Å². The highest BCUT2D eigenvalue weighted by Crippen LogP contribution is 2.29. The van der Waals surface area contributed by atoms with Crippen molar-refractivity contribution in [2.24, 2.45) is 7.05 Å². The Balaban J connectivity index is 1.48. The Hall–Kier alpha value is -2.22. The summed E-state index contributed by atoms with van der Waals surface area (Å²) < 4.78 is 2.22. The lowest BCUT2D eigenvalue weighted by molar-refractivity contribution is 0.317. The Labute approximate surface area is 161 Å². The fraction of sp³-hybridized carbons (Fsp3) is 0.684. The van der Waals surface area contributed by atoms with Crippen molar-refractivity contribution in [3.63, 3.8) is 0 Å². The van der Waals surface area contributed by atoms with Crippen LogP contribution in [0.4, 0.5) is 11.6 Å². The molecule has 2 aliphatic rings. The Morgan fingerprint density at radius 3 is 2.67 bits per heavy atom. The zero-order valence-corrected chi connectivity index (χ0v) is 16.7. The lowest BCUT2D eigenvalue weighted by Crippen LogP contribution is -2.36. The van der Waals surface area contributed by atoms with Gasteiger partial charge in [0, 0.05) is 40.2 Å². The number of likely N-dealkylation sites (tertiary alicyclic amines) is 1. The number of hydrogen-bond acceptors (Lipinski definition) is 7. The van der Waals surface area contributed by atoms with Gasteiger partial charge in [-0.15, -0.1) is 10.2 Å². The molecule has 146 valence electrons. The molecule has 1 atom stereocenters. The van der Waals surface area contributed by atoms with Crippen LogP contribution in [0.25, 0.3) is 0 Å². The summed E-state index contributed by atoms with van der Waals surface area (Å²) in [7, 11) is 6.11. The van der Waals surface area contributed by atoms with Gasteiger partial charge in [0.1, 0.15) is 23.3 Å². The van der Waals surface area contributed by atoms with E-state index in [4.69, 9.17) is 4.98 Å². The molecule has 0 N–H and O–H groups in total. The molecule has 0 saturated carbocycles. The average Bonchev–Trinajstić information content (AvgIpc) is 3.33. The van der Waals surface area contributed by atoms with E-state index in [0.717, 1.165) is 55.8 Å². The molecule has 0 aromatic carbocycles. The van der Waals surface area contributed by atoms with E-state index in [1.807, 2.05) is 25.2 Å². The molecule has 4 rings (SSSR count). The van der Waals surface area contributed by atoms with E-state index < -0.39 is 0 Å². The number of piperidine rings is 1. The van der Waals surface area contributed by atoms with Crippen molar-refractivity contribution in [2.75, 3.05) is 50.1 Å². The Kier molecular flexibility index (Phi) is 5.24. The highest BCUT2D eigenvalue weighted by atomic mass is 15.3. The largest absolute Gasteiger partial charge is 0.361 e. The molecule has 4 heterocycles. The first kappa shape index (κ1) is 18.2. The monoisotopic (exact) mass is 370 g/mol. The molecule has 2 aliphatic heterocycles. The molecule has 2 aromatic heterocycles. The second-order valence-corrected chi connectivity index (χ2v) is 7.93. The highest BCUT2D eigenvalue weighted by Gasteiger charge is 2.27. The number of hydrogen-bond donors (Lipinski definition) is 0. The summed E-state index contributed by atoms with van der Waals surface area (Å²) in [4.78, 5) is 15.9. The average molecular weight is 371 g/mol. The third-order valence-corrected chi connectivity index (χ3v) is 5.74. The van der Waals surface area contributed by atoms with Gasteiger partial charge in [-0.05, 0) is 38.8 Å². The summed E-state index contributed by atoms with van der Waals surface area (Å²) in [5, 5.41) is 9.08. The zero-order chi connectivity index (χ0) is 18.8. The maximum absolute atomic E-state index is 4.76. The van der Waals surface area contributed by atoms with Gasteiger partial charge < -0.3 is 14.4 Å². The van der Waals surface area contributed by atoms with Gasteiger partial charge in [0.15, 0.2) is 0 Å². The minimum Gasteiger partial charge on any atom is -0.361 e. The molecule has 8 heteroatoms. The lowest BCUT2D eigenvalue weighted by Gasteiger charge is -2.33. The van der Waals surface area contributed by atoms with E-state index in [-0.39, 0.29) is 0 Å². The van der Waals surface area contributed by atoms with Crippen molar-refractivity contribution in [3.8, 4) is 0 Å². The first-order chi connectivity index (χ1) is 13.1. The van der Waals surface area contributed by atoms with Crippen LogP contribution in [-0.2, 0) is 13.6 Å². The van der Waals surface area contributed by atoms with Crippen LogP contribution in [0, 0.1) is 0 Å². The highest BCUT2D eigenvalue weighted by molar-refractivity contribution is 5.45. The van der Waals surface area contributed by atoms with E-state index in [0.29, 0.717) is 5.92 Å². The number of aromatic nitrogens is 5. The van der Waals surface area contributed by atoms with Crippen molar-refractivity contribution < 1.29 is 0 Å². The van der Waals surface area contributed by atoms with Crippen LogP contribution in [0.5, 0.6) is 0 Å². The topological polar surface area (TPSA) is 66.2 Å². The molecule has 0 aliphatic carbocycles. The molecule has 0 radical (unpaired) electrons. The summed E-state index contributed by atoms with van der Waals surface area (Å²) in [5.74, 6) is 4.41. The first-order valence-corrected chi connectivity index (χ1v) is 9.96. The predicted octanol–water partition coefficient (Wildman–Crippen LogP) is 1.65. The van der Waals surface area contributed by atoms with Crippen molar-refractivity contribution >= 4 is 11.6 Å². The van der Waals surface area contributed by atoms with Crippen LogP contribution in [-0.4, -0.2) is 69.9 Å². The molecule has 0 unspecified atom stereocenters. The fourth-order valence-corrected chi connectivity index (χ4v) is 4.12. The number of anilines is 2. The third kappa shape index (κ3) is 3.90. The minimum absolute atomic E-state index is 0.383. The van der Waals surface area contributed by atoms with E-state index >= 15 is 0 Å². The Morgan fingerprint density at radius 1 is 1.07 bits per heavy atom. The SMILES string of the molecule is CN(C)c1cncc(N2CCC[C@H](c3nnc(CN4CCCC4)n3C)C2)n1. The summed E-state index contributed by atoms with van der Waals surface area (Å²) in [6, 6.07) is 0. The molecule has 0 bridgehead atoms. The van der Waals surface area contributed by atoms with E-state index in [2.05, 4.69) is 36.6 Å². The molecule has 2 fully saturated rings. The molecule has 8 nitrogen and oxygen atoms in total. The van der Waals surface area contributed by atoms with Gasteiger partial charge in [-0.1, -0.05) is 0 Å². The second-order valence-electron chi connectivity index (χ2n) is 7.93. The standard InChI is InChI=1S/C19H30N8/c1-24(2)16-11-20-12-17(21-16)27-10-6-7-15(13-27)19-23-22-18(25(19)3)14-26-8-4-5-9-26/h11-12,15H,4-10,13-14H2,1-3H3/t15-/m0/s1. The van der Waals surface area contributed by atoms with Crippen LogP contribution in [0.15, 0.2) is 12.4 Å². The van der Waals surface area contributed by atoms with Crippen molar-refractivity contribution in [2.45, 2.75) is 38.1 Å². The molecule has 2 aromatic rings. The van der Waals surface area contributed by atoms with Crippen molar-refractivity contribution in [3.05, 3.63) is 24.0 Å². The summed E-state index contributed by atoms with van der Waals surface area (Å²) in [5.41, 5.74) is 0. The van der Waals surface area contributed by atoms with Gasteiger partial charge in [-0.25, -0.2) is 4.98 Å². The summed E-state index contributed by atoms with van der Waals surface area (Å²) >= 11 is 0. The van der Waals surface area contributed by atoms with Gasteiger partial charge in [-0.3, -0.25) is 9.88 Å². The van der Waals surface area contributed by atoms with Crippen LogP contribution in [0.2, 0.25) is 0 Å². The minimum atomic E-state index is 0.383. The second kappa shape index (κ2) is 7.80. The van der Waals surface area contributed by atoms with Crippen LogP contribution in [0.3, 0.4) is 0 Å². The predicted molar refractivity (Wildman–Crippen MR) is 106 cm³/mol.